The molecule has 0 aliphatic heterocycles. The van der Waals surface area contributed by atoms with Gasteiger partial charge < -0.3 is 14.6 Å². The molecule has 0 aromatic rings. The van der Waals surface area contributed by atoms with E-state index in [1.165, 1.54) is 0 Å². The van der Waals surface area contributed by atoms with Crippen LogP contribution in [0.15, 0.2) is 0 Å². The van der Waals surface area contributed by atoms with Gasteiger partial charge in [0.1, 0.15) is 5.01 Å². The average molecular weight is 241 g/mol. The Balaban J connectivity index is 2.82. The zero-order valence-electron chi connectivity index (χ0n) is 7.46. The highest BCUT2D eigenvalue weighted by molar-refractivity contribution is 9.09. The second kappa shape index (κ2) is 9.45. The van der Waals surface area contributed by atoms with Crippen LogP contribution in [0.3, 0.4) is 0 Å². The zero-order valence-corrected chi connectivity index (χ0v) is 9.05. The first-order valence-electron chi connectivity index (χ1n) is 4.25. The van der Waals surface area contributed by atoms with E-state index in [1.807, 2.05) is 0 Å². The molecule has 12 heavy (non-hydrogen) atoms. The minimum absolute atomic E-state index is 0.317. The molecular weight excluding hydrogens is 224 g/mol. The van der Waals surface area contributed by atoms with Crippen LogP contribution in [0, 0.1) is 0 Å². The lowest BCUT2D eigenvalue weighted by atomic mass is 10.4. The van der Waals surface area contributed by atoms with Gasteiger partial charge in [0.05, 0.1) is 19.8 Å². The average Bonchev–Trinajstić information content (AvgIpc) is 2.02. The molecule has 0 saturated carbocycles. The van der Waals surface area contributed by atoms with Gasteiger partial charge in [-0.05, 0) is 6.42 Å². The van der Waals surface area contributed by atoms with E-state index in [0.29, 0.717) is 19.8 Å². The Hall–Kier alpha value is 0.360. The maximum absolute atomic E-state index is 8.74. The van der Waals surface area contributed by atoms with Crippen LogP contribution < -0.4 is 0 Å². The SMILES string of the molecule is CCCCOCCOCC(O)Br. The monoisotopic (exact) mass is 240 g/mol. The van der Waals surface area contributed by atoms with Gasteiger partial charge >= 0.3 is 0 Å². The van der Waals surface area contributed by atoms with Crippen LogP contribution in [0.4, 0.5) is 0 Å². The number of hydrogen-bond donors (Lipinski definition) is 1. The van der Waals surface area contributed by atoms with Crippen molar-refractivity contribution >= 4 is 15.9 Å². The minimum atomic E-state index is -0.562. The first-order chi connectivity index (χ1) is 5.77. The molecule has 0 aromatic heterocycles. The maximum atomic E-state index is 8.74. The van der Waals surface area contributed by atoms with E-state index in [2.05, 4.69) is 22.9 Å². The topological polar surface area (TPSA) is 38.7 Å². The summed E-state index contributed by atoms with van der Waals surface area (Å²) >= 11 is 2.96. The van der Waals surface area contributed by atoms with Crippen LogP contribution in [0.25, 0.3) is 0 Å². The Morgan fingerprint density at radius 2 is 1.92 bits per heavy atom. The lowest BCUT2D eigenvalue weighted by molar-refractivity contribution is 0.0269. The fraction of sp³-hybridized carbons (Fsp3) is 1.00. The van der Waals surface area contributed by atoms with Crippen molar-refractivity contribution in [3.05, 3.63) is 0 Å². The highest BCUT2D eigenvalue weighted by Gasteiger charge is 1.95. The van der Waals surface area contributed by atoms with Gasteiger partial charge in [-0.3, -0.25) is 0 Å². The van der Waals surface area contributed by atoms with Crippen molar-refractivity contribution in [1.29, 1.82) is 0 Å². The highest BCUT2D eigenvalue weighted by atomic mass is 79.9. The van der Waals surface area contributed by atoms with E-state index in [-0.39, 0.29) is 0 Å². The minimum Gasteiger partial charge on any atom is -0.379 e. The third-order valence-electron chi connectivity index (χ3n) is 1.27. The van der Waals surface area contributed by atoms with E-state index in [9.17, 15) is 0 Å². The molecule has 0 saturated heterocycles. The molecule has 1 unspecified atom stereocenters. The summed E-state index contributed by atoms with van der Waals surface area (Å²) in [6, 6.07) is 0. The Kier molecular flexibility index (Phi) is 9.73. The molecule has 0 aliphatic carbocycles. The lowest BCUT2D eigenvalue weighted by Crippen LogP contribution is -2.11. The van der Waals surface area contributed by atoms with E-state index >= 15 is 0 Å². The van der Waals surface area contributed by atoms with Gasteiger partial charge in [0, 0.05) is 6.61 Å². The second-order valence-corrected chi connectivity index (χ2v) is 3.53. The normalized spacial score (nSPS) is 13.2. The molecule has 0 rings (SSSR count). The number of rotatable bonds is 8. The quantitative estimate of drug-likeness (QED) is 0.517. The van der Waals surface area contributed by atoms with Crippen LogP contribution in [-0.2, 0) is 9.47 Å². The van der Waals surface area contributed by atoms with Gasteiger partial charge in [-0.2, -0.15) is 0 Å². The Morgan fingerprint density at radius 3 is 2.50 bits per heavy atom. The number of halogens is 1. The molecule has 0 bridgehead atoms. The summed E-state index contributed by atoms with van der Waals surface area (Å²) < 4.78 is 10.3. The fourth-order valence-corrected chi connectivity index (χ4v) is 0.834. The molecule has 0 spiro atoms. The molecule has 0 amide bonds. The molecule has 0 radical (unpaired) electrons. The van der Waals surface area contributed by atoms with Gasteiger partial charge in [-0.1, -0.05) is 29.3 Å². The molecule has 1 N–H and O–H groups in total. The molecule has 0 fully saturated rings. The number of hydrogen-bond acceptors (Lipinski definition) is 3. The number of alkyl halides is 1. The Bertz CT molecular complexity index is 88.4. The van der Waals surface area contributed by atoms with E-state index < -0.39 is 5.01 Å². The first kappa shape index (κ1) is 12.4. The molecule has 3 nitrogen and oxygen atoms in total. The first-order valence-corrected chi connectivity index (χ1v) is 5.16. The number of unbranched alkanes of at least 4 members (excludes halogenated alkanes) is 1. The summed E-state index contributed by atoms with van der Waals surface area (Å²) in [5.74, 6) is 0. The van der Waals surface area contributed by atoms with E-state index in [1.54, 1.807) is 0 Å². The van der Waals surface area contributed by atoms with Crippen molar-refractivity contribution in [2.45, 2.75) is 24.8 Å². The van der Waals surface area contributed by atoms with Gasteiger partial charge in [-0.15, -0.1) is 0 Å². The number of aliphatic hydroxyl groups excluding tert-OH is 1. The van der Waals surface area contributed by atoms with Gasteiger partial charge in [0.15, 0.2) is 0 Å². The van der Waals surface area contributed by atoms with Gasteiger partial charge in [0.2, 0.25) is 0 Å². The summed E-state index contributed by atoms with van der Waals surface area (Å²) in [6.07, 6.45) is 2.25. The van der Waals surface area contributed by atoms with Crippen molar-refractivity contribution in [3.8, 4) is 0 Å². The molecule has 0 aliphatic rings. The van der Waals surface area contributed by atoms with Crippen LogP contribution in [0.1, 0.15) is 19.8 Å². The Labute approximate surface area is 82.2 Å². The summed E-state index contributed by atoms with van der Waals surface area (Å²) in [5, 5.41) is 8.18. The van der Waals surface area contributed by atoms with Crippen LogP contribution >= 0.6 is 15.9 Å². The molecular formula is C8H17BrO3. The van der Waals surface area contributed by atoms with Crippen molar-refractivity contribution in [2.24, 2.45) is 0 Å². The summed E-state index contributed by atoms with van der Waals surface area (Å²) in [4.78, 5) is 0. The molecule has 4 heteroatoms. The second-order valence-electron chi connectivity index (χ2n) is 2.48. The number of aliphatic hydroxyl groups is 1. The van der Waals surface area contributed by atoms with Crippen molar-refractivity contribution in [2.75, 3.05) is 26.4 Å². The van der Waals surface area contributed by atoms with Gasteiger partial charge in [0.25, 0.3) is 0 Å². The highest BCUT2D eigenvalue weighted by Crippen LogP contribution is 1.93. The number of ether oxygens (including phenoxy) is 2. The Morgan fingerprint density at radius 1 is 1.25 bits per heavy atom. The molecule has 1 atom stereocenters. The summed E-state index contributed by atoms with van der Waals surface area (Å²) in [5.41, 5.74) is 0. The molecule has 74 valence electrons. The van der Waals surface area contributed by atoms with E-state index in [4.69, 9.17) is 14.6 Å². The molecule has 0 aromatic carbocycles. The van der Waals surface area contributed by atoms with Crippen molar-refractivity contribution in [3.63, 3.8) is 0 Å². The van der Waals surface area contributed by atoms with Crippen LogP contribution in [0.5, 0.6) is 0 Å². The largest absolute Gasteiger partial charge is 0.379 e. The zero-order chi connectivity index (χ0) is 9.23. The summed E-state index contributed by atoms with van der Waals surface area (Å²) in [6.45, 7) is 4.40. The predicted molar refractivity (Wildman–Crippen MR) is 51.5 cm³/mol. The maximum Gasteiger partial charge on any atom is 0.132 e. The standard InChI is InChI=1S/C8H17BrO3/c1-2-3-4-11-5-6-12-7-8(9)10/h8,10H,2-7H2,1H3. The molecule has 0 heterocycles. The van der Waals surface area contributed by atoms with Crippen LogP contribution in [-0.4, -0.2) is 36.5 Å². The van der Waals surface area contributed by atoms with Crippen molar-refractivity contribution in [1.82, 2.24) is 0 Å². The van der Waals surface area contributed by atoms with Crippen molar-refractivity contribution < 1.29 is 14.6 Å². The van der Waals surface area contributed by atoms with E-state index in [0.717, 1.165) is 19.4 Å². The third-order valence-corrected chi connectivity index (χ3v) is 1.53. The van der Waals surface area contributed by atoms with Gasteiger partial charge in [-0.25, -0.2) is 0 Å². The predicted octanol–water partition coefficient (Wildman–Crippen LogP) is 1.53. The van der Waals surface area contributed by atoms with Crippen LogP contribution in [0.2, 0.25) is 0 Å². The third kappa shape index (κ3) is 10.4. The lowest BCUT2D eigenvalue weighted by Gasteiger charge is -2.05. The summed E-state index contributed by atoms with van der Waals surface area (Å²) in [7, 11) is 0. The fourth-order valence-electron chi connectivity index (χ4n) is 0.647. The smallest absolute Gasteiger partial charge is 0.132 e.